The maximum Gasteiger partial charge on any atom is 0.160 e. The van der Waals surface area contributed by atoms with Crippen molar-refractivity contribution in [3.05, 3.63) is 0 Å². The molecule has 3 nitrogen and oxygen atoms in total. The summed E-state index contributed by atoms with van der Waals surface area (Å²) in [6.07, 6.45) is 10.0. The summed E-state index contributed by atoms with van der Waals surface area (Å²) in [6, 6.07) is 0. The van der Waals surface area contributed by atoms with E-state index in [0.717, 1.165) is 25.6 Å². The smallest absolute Gasteiger partial charge is 0.160 e. The predicted octanol–water partition coefficient (Wildman–Crippen LogP) is 3.12. The molecule has 2 saturated heterocycles. The zero-order valence-electron chi connectivity index (χ0n) is 12.0. The lowest BCUT2D eigenvalue weighted by Gasteiger charge is -2.45. The van der Waals surface area contributed by atoms with Gasteiger partial charge in [0.1, 0.15) is 0 Å². The average Bonchev–Trinajstić information content (AvgIpc) is 3.22. The van der Waals surface area contributed by atoms with Crippen molar-refractivity contribution in [2.45, 2.75) is 70.4 Å². The molecule has 0 aromatic rings. The Morgan fingerprint density at radius 2 is 1.63 bits per heavy atom. The molecule has 0 bridgehead atoms. The van der Waals surface area contributed by atoms with Gasteiger partial charge in [0.15, 0.2) is 6.29 Å². The zero-order chi connectivity index (χ0) is 12.9. The van der Waals surface area contributed by atoms with E-state index in [1.165, 1.54) is 38.5 Å². The Morgan fingerprint density at radius 1 is 0.895 bits per heavy atom. The van der Waals surface area contributed by atoms with Gasteiger partial charge in [-0.1, -0.05) is 19.8 Å². The normalized spacial score (nSPS) is 53.8. The lowest BCUT2D eigenvalue weighted by Crippen LogP contribution is -2.46. The van der Waals surface area contributed by atoms with Crippen LogP contribution in [-0.2, 0) is 14.2 Å². The van der Waals surface area contributed by atoms with Crippen LogP contribution in [0.5, 0.6) is 0 Å². The molecule has 0 amide bonds. The third kappa shape index (κ3) is 2.45. The molecule has 0 N–H and O–H groups in total. The fraction of sp³-hybridized carbons (Fsp3) is 1.00. The second-order valence-corrected chi connectivity index (χ2v) is 7.46. The molecule has 2 aliphatic heterocycles. The van der Waals surface area contributed by atoms with Gasteiger partial charge < -0.3 is 14.2 Å². The Kier molecular flexibility index (Phi) is 3.13. The summed E-state index contributed by atoms with van der Waals surface area (Å²) in [5.41, 5.74) is 0.344. The summed E-state index contributed by atoms with van der Waals surface area (Å²) < 4.78 is 17.9. The molecule has 3 heteroatoms. The summed E-state index contributed by atoms with van der Waals surface area (Å²) in [5.74, 6) is 1.47. The summed E-state index contributed by atoms with van der Waals surface area (Å²) in [6.45, 7) is 4.22. The summed E-state index contributed by atoms with van der Waals surface area (Å²) >= 11 is 0. The van der Waals surface area contributed by atoms with Crippen LogP contribution in [0.2, 0.25) is 0 Å². The van der Waals surface area contributed by atoms with Crippen molar-refractivity contribution in [1.29, 1.82) is 0 Å². The van der Waals surface area contributed by atoms with Gasteiger partial charge in [0.2, 0.25) is 0 Å². The highest BCUT2D eigenvalue weighted by atomic mass is 16.7. The van der Waals surface area contributed by atoms with Crippen LogP contribution >= 0.6 is 0 Å². The van der Waals surface area contributed by atoms with Crippen molar-refractivity contribution in [3.63, 3.8) is 0 Å². The van der Waals surface area contributed by atoms with Crippen molar-refractivity contribution in [3.8, 4) is 0 Å². The van der Waals surface area contributed by atoms with Crippen LogP contribution in [-0.4, -0.2) is 31.7 Å². The second-order valence-electron chi connectivity index (χ2n) is 7.46. The van der Waals surface area contributed by atoms with Crippen molar-refractivity contribution < 1.29 is 14.2 Å². The molecule has 4 rings (SSSR count). The van der Waals surface area contributed by atoms with Crippen LogP contribution in [0.1, 0.15) is 51.9 Å². The first-order chi connectivity index (χ1) is 9.24. The first-order valence-corrected chi connectivity index (χ1v) is 8.13. The number of hydrogen-bond acceptors (Lipinski definition) is 3. The van der Waals surface area contributed by atoms with Crippen molar-refractivity contribution in [2.75, 3.05) is 13.2 Å². The van der Waals surface area contributed by atoms with Crippen LogP contribution in [0.4, 0.5) is 0 Å². The van der Waals surface area contributed by atoms with E-state index in [1.54, 1.807) is 0 Å². The maximum atomic E-state index is 6.14. The molecule has 2 aliphatic carbocycles. The van der Waals surface area contributed by atoms with Crippen LogP contribution < -0.4 is 0 Å². The molecule has 4 fully saturated rings. The molecule has 0 aromatic carbocycles. The molecule has 3 unspecified atom stereocenters. The lowest BCUT2D eigenvalue weighted by atomic mass is 9.71. The van der Waals surface area contributed by atoms with E-state index in [4.69, 9.17) is 14.2 Å². The standard InChI is InChI=1S/C16H26O3/c1-11-4-6-16(7-5-11)9-17-15(18-10-16)12-2-3-13-14(8-12)19-13/h11-15H,2-10H2,1H3. The zero-order valence-corrected chi connectivity index (χ0v) is 12.0. The number of hydrogen-bond donors (Lipinski definition) is 0. The van der Waals surface area contributed by atoms with Gasteiger partial charge in [-0.25, -0.2) is 0 Å². The highest BCUT2D eigenvalue weighted by molar-refractivity contribution is 4.94. The number of epoxide rings is 1. The first kappa shape index (κ1) is 12.6. The highest BCUT2D eigenvalue weighted by Crippen LogP contribution is 2.45. The van der Waals surface area contributed by atoms with Gasteiger partial charge in [-0.2, -0.15) is 0 Å². The first-order valence-electron chi connectivity index (χ1n) is 8.13. The monoisotopic (exact) mass is 266 g/mol. The van der Waals surface area contributed by atoms with Crippen molar-refractivity contribution in [1.82, 2.24) is 0 Å². The van der Waals surface area contributed by atoms with Crippen LogP contribution in [0.25, 0.3) is 0 Å². The Labute approximate surface area is 116 Å². The quantitative estimate of drug-likeness (QED) is 0.683. The summed E-state index contributed by atoms with van der Waals surface area (Å²) in [5, 5.41) is 0. The fourth-order valence-electron chi connectivity index (χ4n) is 4.23. The van der Waals surface area contributed by atoms with Gasteiger partial charge in [-0.15, -0.1) is 0 Å². The molecule has 4 aliphatic rings. The second kappa shape index (κ2) is 4.71. The predicted molar refractivity (Wildman–Crippen MR) is 71.8 cm³/mol. The Morgan fingerprint density at radius 3 is 2.32 bits per heavy atom. The number of rotatable bonds is 1. The van der Waals surface area contributed by atoms with Crippen LogP contribution in [0, 0.1) is 17.3 Å². The van der Waals surface area contributed by atoms with Gasteiger partial charge >= 0.3 is 0 Å². The third-order valence-corrected chi connectivity index (χ3v) is 5.87. The summed E-state index contributed by atoms with van der Waals surface area (Å²) in [7, 11) is 0. The van der Waals surface area contributed by atoms with Gasteiger partial charge in [-0.05, 0) is 38.0 Å². The minimum Gasteiger partial charge on any atom is -0.370 e. The Hall–Kier alpha value is -0.120. The Balaban J connectivity index is 1.32. The van der Waals surface area contributed by atoms with Gasteiger partial charge in [0.05, 0.1) is 25.4 Å². The summed E-state index contributed by atoms with van der Waals surface area (Å²) in [4.78, 5) is 0. The molecule has 0 aromatic heterocycles. The van der Waals surface area contributed by atoms with E-state index < -0.39 is 0 Å². The van der Waals surface area contributed by atoms with E-state index >= 15 is 0 Å². The van der Waals surface area contributed by atoms with E-state index in [1.807, 2.05) is 0 Å². The number of ether oxygens (including phenoxy) is 3. The van der Waals surface area contributed by atoms with Crippen molar-refractivity contribution >= 4 is 0 Å². The molecule has 1 spiro atoms. The largest absolute Gasteiger partial charge is 0.370 e. The maximum absolute atomic E-state index is 6.14. The van der Waals surface area contributed by atoms with Gasteiger partial charge in [0.25, 0.3) is 0 Å². The minimum absolute atomic E-state index is 0.0510. The van der Waals surface area contributed by atoms with Gasteiger partial charge in [0, 0.05) is 11.3 Å². The van der Waals surface area contributed by atoms with Crippen molar-refractivity contribution in [2.24, 2.45) is 17.3 Å². The SMILES string of the molecule is CC1CCC2(CC1)COC(C1CCC3OC3C1)OC2. The molecule has 3 atom stereocenters. The fourth-order valence-corrected chi connectivity index (χ4v) is 4.23. The van der Waals surface area contributed by atoms with E-state index in [9.17, 15) is 0 Å². The topological polar surface area (TPSA) is 31.0 Å². The molecule has 2 saturated carbocycles. The highest BCUT2D eigenvalue weighted by Gasteiger charge is 2.48. The van der Waals surface area contributed by atoms with E-state index in [2.05, 4.69) is 6.92 Å². The molecular weight excluding hydrogens is 240 g/mol. The molecule has 19 heavy (non-hydrogen) atoms. The Bertz CT molecular complexity index is 325. The molecule has 2 heterocycles. The van der Waals surface area contributed by atoms with E-state index in [0.29, 0.717) is 23.5 Å². The van der Waals surface area contributed by atoms with Gasteiger partial charge in [-0.3, -0.25) is 0 Å². The molecule has 0 radical (unpaired) electrons. The average molecular weight is 266 g/mol. The van der Waals surface area contributed by atoms with E-state index in [-0.39, 0.29) is 6.29 Å². The molecule has 108 valence electrons. The van der Waals surface area contributed by atoms with Crippen LogP contribution in [0.15, 0.2) is 0 Å². The number of fused-ring (bicyclic) bond motifs is 1. The van der Waals surface area contributed by atoms with Crippen LogP contribution in [0.3, 0.4) is 0 Å². The minimum atomic E-state index is 0.0510. The molecular formula is C16H26O3. The third-order valence-electron chi connectivity index (χ3n) is 5.87. The lowest BCUT2D eigenvalue weighted by molar-refractivity contribution is -0.259.